The SMILES string of the molecule is C=C(CNC(C)C1CCCCCC1)NC(CCCC(=O)CNC(C)C)C(C)(C)C. The van der Waals surface area contributed by atoms with E-state index in [0.29, 0.717) is 36.9 Å². The molecule has 2 atom stereocenters. The predicted molar refractivity (Wildman–Crippen MR) is 126 cm³/mol. The van der Waals surface area contributed by atoms with E-state index in [2.05, 4.69) is 64.1 Å². The number of ketones is 1. The van der Waals surface area contributed by atoms with Gasteiger partial charge in [-0.3, -0.25) is 4.79 Å². The van der Waals surface area contributed by atoms with E-state index in [4.69, 9.17) is 0 Å². The Hall–Kier alpha value is -0.870. The lowest BCUT2D eigenvalue weighted by Gasteiger charge is -2.34. The Morgan fingerprint density at radius 1 is 1.00 bits per heavy atom. The molecule has 0 bridgehead atoms. The van der Waals surface area contributed by atoms with Crippen LogP contribution in [0.5, 0.6) is 0 Å². The molecule has 0 aromatic heterocycles. The molecule has 0 amide bonds. The molecule has 1 aliphatic carbocycles. The van der Waals surface area contributed by atoms with E-state index in [1.54, 1.807) is 0 Å². The Morgan fingerprint density at radius 2 is 1.62 bits per heavy atom. The van der Waals surface area contributed by atoms with Crippen LogP contribution in [-0.2, 0) is 4.79 Å². The van der Waals surface area contributed by atoms with Crippen molar-refractivity contribution < 1.29 is 4.79 Å². The molecule has 2 unspecified atom stereocenters. The van der Waals surface area contributed by atoms with Gasteiger partial charge in [0, 0.05) is 36.8 Å². The van der Waals surface area contributed by atoms with Gasteiger partial charge in [0.1, 0.15) is 5.78 Å². The minimum atomic E-state index is 0.134. The van der Waals surface area contributed by atoms with Crippen molar-refractivity contribution in [2.24, 2.45) is 11.3 Å². The number of rotatable bonds is 13. The number of Topliss-reactive ketones (excluding diaryl/α,β-unsaturated/α-hetero) is 1. The maximum atomic E-state index is 12.0. The fraction of sp³-hybridized carbons (Fsp3) is 0.880. The van der Waals surface area contributed by atoms with Gasteiger partial charge >= 0.3 is 0 Å². The zero-order valence-corrected chi connectivity index (χ0v) is 20.2. The van der Waals surface area contributed by atoms with Crippen LogP contribution in [0.25, 0.3) is 0 Å². The van der Waals surface area contributed by atoms with Crippen LogP contribution in [0.15, 0.2) is 12.3 Å². The van der Waals surface area contributed by atoms with Crippen LogP contribution in [-0.4, -0.2) is 37.0 Å². The average molecular weight is 408 g/mol. The first-order valence-electron chi connectivity index (χ1n) is 12.0. The molecule has 0 spiro atoms. The predicted octanol–water partition coefficient (Wildman–Crippen LogP) is 5.19. The summed E-state index contributed by atoms with van der Waals surface area (Å²) in [4.78, 5) is 12.0. The number of hydrogen-bond donors (Lipinski definition) is 3. The average Bonchev–Trinajstić information content (AvgIpc) is 2.92. The van der Waals surface area contributed by atoms with Gasteiger partial charge in [0.25, 0.3) is 0 Å². The van der Waals surface area contributed by atoms with E-state index in [9.17, 15) is 4.79 Å². The highest BCUT2D eigenvalue weighted by molar-refractivity contribution is 5.80. The van der Waals surface area contributed by atoms with Gasteiger partial charge in [-0.15, -0.1) is 0 Å². The van der Waals surface area contributed by atoms with Crippen molar-refractivity contribution in [2.45, 2.75) is 117 Å². The highest BCUT2D eigenvalue weighted by atomic mass is 16.1. The molecule has 1 saturated carbocycles. The summed E-state index contributed by atoms with van der Waals surface area (Å²) in [5.74, 6) is 1.11. The third kappa shape index (κ3) is 11.8. The highest BCUT2D eigenvalue weighted by Crippen LogP contribution is 2.26. The van der Waals surface area contributed by atoms with Crippen molar-refractivity contribution >= 4 is 5.78 Å². The zero-order valence-electron chi connectivity index (χ0n) is 20.2. The second-order valence-corrected chi connectivity index (χ2v) is 10.6. The van der Waals surface area contributed by atoms with Crippen molar-refractivity contribution in [1.82, 2.24) is 16.0 Å². The van der Waals surface area contributed by atoms with Gasteiger partial charge in [0.05, 0.1) is 6.54 Å². The van der Waals surface area contributed by atoms with Crippen LogP contribution in [0.3, 0.4) is 0 Å². The Bertz CT molecular complexity index is 473. The van der Waals surface area contributed by atoms with Crippen LogP contribution in [0.2, 0.25) is 0 Å². The van der Waals surface area contributed by atoms with Gasteiger partial charge < -0.3 is 16.0 Å². The van der Waals surface area contributed by atoms with Gasteiger partial charge in [0.15, 0.2) is 0 Å². The normalized spacial score (nSPS) is 18.3. The van der Waals surface area contributed by atoms with Crippen molar-refractivity contribution in [3.05, 3.63) is 12.3 Å². The number of hydrogen-bond acceptors (Lipinski definition) is 4. The van der Waals surface area contributed by atoms with Gasteiger partial charge in [0.2, 0.25) is 0 Å². The maximum Gasteiger partial charge on any atom is 0.146 e. The molecule has 4 heteroatoms. The standard InChI is InChI=1S/C25H49N3O/c1-19(2)26-18-23(29)15-12-16-24(25(5,6)7)28-20(3)17-27-21(4)22-13-10-8-9-11-14-22/h19,21-22,24,26-28H,3,8-18H2,1-2,4-7H3. The van der Waals surface area contributed by atoms with Crippen LogP contribution in [0, 0.1) is 11.3 Å². The smallest absolute Gasteiger partial charge is 0.146 e. The topological polar surface area (TPSA) is 53.2 Å². The van der Waals surface area contributed by atoms with E-state index in [-0.39, 0.29) is 5.41 Å². The summed E-state index contributed by atoms with van der Waals surface area (Å²) in [7, 11) is 0. The Morgan fingerprint density at radius 3 is 2.17 bits per heavy atom. The van der Waals surface area contributed by atoms with Crippen molar-refractivity contribution in [1.29, 1.82) is 0 Å². The van der Waals surface area contributed by atoms with E-state index in [1.807, 2.05) is 0 Å². The second-order valence-electron chi connectivity index (χ2n) is 10.6. The lowest BCUT2D eigenvalue weighted by Crippen LogP contribution is -2.43. The molecule has 0 heterocycles. The van der Waals surface area contributed by atoms with Crippen molar-refractivity contribution in [3.8, 4) is 0 Å². The molecule has 0 saturated heterocycles. The second kappa shape index (κ2) is 13.4. The lowest BCUT2D eigenvalue weighted by molar-refractivity contribution is -0.118. The van der Waals surface area contributed by atoms with Gasteiger partial charge in [-0.05, 0) is 43.9 Å². The number of carbonyl (C=O) groups is 1. The molecule has 29 heavy (non-hydrogen) atoms. The van der Waals surface area contributed by atoms with Gasteiger partial charge in [-0.1, -0.05) is 66.9 Å². The van der Waals surface area contributed by atoms with Crippen LogP contribution in [0.1, 0.15) is 99.3 Å². The lowest BCUT2D eigenvalue weighted by atomic mass is 9.83. The molecular formula is C25H49N3O. The minimum absolute atomic E-state index is 0.134. The summed E-state index contributed by atoms with van der Waals surface area (Å²) in [6, 6.07) is 1.24. The summed E-state index contributed by atoms with van der Waals surface area (Å²) in [5, 5.41) is 10.6. The third-order valence-corrected chi connectivity index (χ3v) is 6.32. The van der Waals surface area contributed by atoms with Crippen LogP contribution < -0.4 is 16.0 Å². The van der Waals surface area contributed by atoms with Gasteiger partial charge in [-0.25, -0.2) is 0 Å². The van der Waals surface area contributed by atoms with E-state index >= 15 is 0 Å². The molecule has 0 radical (unpaired) electrons. The monoisotopic (exact) mass is 407 g/mol. The molecule has 4 nitrogen and oxygen atoms in total. The Kier molecular flexibility index (Phi) is 12.1. The minimum Gasteiger partial charge on any atom is -0.385 e. The van der Waals surface area contributed by atoms with Gasteiger partial charge in [-0.2, -0.15) is 0 Å². The van der Waals surface area contributed by atoms with E-state index < -0.39 is 0 Å². The van der Waals surface area contributed by atoms with Crippen molar-refractivity contribution in [3.63, 3.8) is 0 Å². The fourth-order valence-electron chi connectivity index (χ4n) is 4.19. The third-order valence-electron chi connectivity index (χ3n) is 6.32. The van der Waals surface area contributed by atoms with Crippen LogP contribution >= 0.6 is 0 Å². The Balaban J connectivity index is 2.39. The van der Waals surface area contributed by atoms with E-state index in [0.717, 1.165) is 31.0 Å². The first kappa shape index (κ1) is 26.2. The quantitative estimate of drug-likeness (QED) is 0.368. The number of nitrogens with one attached hydrogen (secondary N) is 3. The molecular weight excluding hydrogens is 358 g/mol. The maximum absolute atomic E-state index is 12.0. The van der Waals surface area contributed by atoms with Crippen LogP contribution in [0.4, 0.5) is 0 Å². The van der Waals surface area contributed by atoms with E-state index in [1.165, 1.54) is 38.5 Å². The Labute approximate surface area is 181 Å². The first-order valence-corrected chi connectivity index (χ1v) is 12.0. The molecule has 3 N–H and O–H groups in total. The largest absolute Gasteiger partial charge is 0.385 e. The summed E-state index contributed by atoms with van der Waals surface area (Å²) >= 11 is 0. The molecule has 1 fully saturated rings. The zero-order chi connectivity index (χ0) is 21.9. The summed E-state index contributed by atoms with van der Waals surface area (Å²) in [6.45, 7) is 18.9. The molecule has 1 rings (SSSR count). The summed E-state index contributed by atoms with van der Waals surface area (Å²) in [6.07, 6.45) is 10.9. The van der Waals surface area contributed by atoms with Crippen molar-refractivity contribution in [2.75, 3.05) is 13.1 Å². The molecule has 0 aliphatic heterocycles. The molecule has 0 aromatic rings. The summed E-state index contributed by atoms with van der Waals surface area (Å²) < 4.78 is 0. The molecule has 0 aromatic carbocycles. The fourth-order valence-corrected chi connectivity index (χ4v) is 4.19. The molecule has 1 aliphatic rings. The highest BCUT2D eigenvalue weighted by Gasteiger charge is 2.25. The molecule has 170 valence electrons. The number of carbonyl (C=O) groups excluding carboxylic acids is 1. The first-order chi connectivity index (χ1) is 13.6. The summed E-state index contributed by atoms with van der Waals surface area (Å²) in [5.41, 5.74) is 1.20.